The van der Waals surface area contributed by atoms with Gasteiger partial charge in [0.1, 0.15) is 5.00 Å². The lowest BCUT2D eigenvalue weighted by molar-refractivity contribution is 0.0602. The summed E-state index contributed by atoms with van der Waals surface area (Å²) in [6, 6.07) is 1.83. The Morgan fingerprint density at radius 1 is 1.33 bits per heavy atom. The van der Waals surface area contributed by atoms with Crippen LogP contribution in [0.4, 0.5) is 5.00 Å². The number of esters is 1. The number of thiocarbonyl (C=S) groups is 1. The Bertz CT molecular complexity index is 837. The Labute approximate surface area is 168 Å². The summed E-state index contributed by atoms with van der Waals surface area (Å²) in [5.41, 5.74) is 2.89. The van der Waals surface area contributed by atoms with Gasteiger partial charge >= 0.3 is 5.97 Å². The first-order valence-corrected chi connectivity index (χ1v) is 10.1. The number of hydrogen-bond donors (Lipinski definition) is 1. The zero-order valence-corrected chi connectivity index (χ0v) is 17.7. The van der Waals surface area contributed by atoms with Crippen molar-refractivity contribution < 1.29 is 9.53 Å². The Balaban J connectivity index is 1.56. The number of methoxy groups -OCH3 is 1. The fourth-order valence-electron chi connectivity index (χ4n) is 3.20. The van der Waals surface area contributed by atoms with E-state index in [1.165, 1.54) is 24.0 Å². The lowest BCUT2D eigenvalue weighted by Gasteiger charge is -2.36. The zero-order valence-electron chi connectivity index (χ0n) is 16.1. The molecule has 0 amide bonds. The minimum atomic E-state index is -0.346. The summed E-state index contributed by atoms with van der Waals surface area (Å²) in [4.78, 5) is 17.5. The van der Waals surface area contributed by atoms with E-state index in [1.807, 2.05) is 31.6 Å². The molecule has 0 bridgehead atoms. The summed E-state index contributed by atoms with van der Waals surface area (Å²) in [5.74, 6) is -0.346. The van der Waals surface area contributed by atoms with Crippen LogP contribution in [-0.4, -0.2) is 64.0 Å². The largest absolute Gasteiger partial charge is 0.465 e. The van der Waals surface area contributed by atoms with Crippen LogP contribution in [0.1, 0.15) is 26.5 Å². The second-order valence-corrected chi connectivity index (χ2v) is 8.34. The van der Waals surface area contributed by atoms with Crippen LogP contribution in [0.5, 0.6) is 0 Å². The number of nitrogens with zero attached hydrogens (tertiary/aromatic N) is 4. The number of aromatic nitrogens is 2. The lowest BCUT2D eigenvalue weighted by Crippen LogP contribution is -2.49. The van der Waals surface area contributed by atoms with Crippen LogP contribution in [-0.2, 0) is 18.3 Å². The summed E-state index contributed by atoms with van der Waals surface area (Å²) in [5, 5.41) is 9.05. The minimum absolute atomic E-state index is 0.346. The molecular formula is C18H25N5O2S2. The number of ether oxygens (including phenoxy) is 1. The van der Waals surface area contributed by atoms with Gasteiger partial charge < -0.3 is 15.0 Å². The molecule has 2 aromatic rings. The summed E-state index contributed by atoms with van der Waals surface area (Å²) in [6.45, 7) is 8.49. The third-order valence-corrected chi connectivity index (χ3v) is 5.98. The first-order chi connectivity index (χ1) is 12.9. The van der Waals surface area contributed by atoms with Gasteiger partial charge in [0.15, 0.2) is 5.11 Å². The summed E-state index contributed by atoms with van der Waals surface area (Å²) in [7, 11) is 3.34. The third kappa shape index (κ3) is 4.66. The first kappa shape index (κ1) is 19.8. The molecule has 9 heteroatoms. The van der Waals surface area contributed by atoms with Gasteiger partial charge in [-0.2, -0.15) is 5.10 Å². The molecule has 0 aromatic carbocycles. The Kier molecular flexibility index (Phi) is 6.13. The highest BCUT2D eigenvalue weighted by atomic mass is 32.1. The minimum Gasteiger partial charge on any atom is -0.465 e. The average Bonchev–Trinajstić information content (AvgIpc) is 3.16. The van der Waals surface area contributed by atoms with Crippen molar-refractivity contribution in [3.63, 3.8) is 0 Å². The van der Waals surface area contributed by atoms with Gasteiger partial charge in [-0.15, -0.1) is 11.3 Å². The topological polar surface area (TPSA) is 62.6 Å². The number of carbonyl (C=O) groups is 1. The molecular weight excluding hydrogens is 382 g/mol. The van der Waals surface area contributed by atoms with E-state index in [2.05, 4.69) is 26.4 Å². The van der Waals surface area contributed by atoms with Crippen molar-refractivity contribution in [3.05, 3.63) is 34.0 Å². The van der Waals surface area contributed by atoms with E-state index < -0.39 is 0 Å². The van der Waals surface area contributed by atoms with Crippen molar-refractivity contribution in [2.45, 2.75) is 20.4 Å². The monoisotopic (exact) mass is 407 g/mol. The SMILES string of the molecule is COC(=O)c1cc(C)sc1NC(=S)N1CCN(Cc2cn(C)nc2C)CC1. The van der Waals surface area contributed by atoms with E-state index in [-0.39, 0.29) is 5.97 Å². The van der Waals surface area contributed by atoms with Crippen LogP contribution in [0.3, 0.4) is 0 Å². The molecule has 7 nitrogen and oxygen atoms in total. The van der Waals surface area contributed by atoms with Crippen LogP contribution in [0.15, 0.2) is 12.3 Å². The van der Waals surface area contributed by atoms with Crippen LogP contribution >= 0.6 is 23.6 Å². The van der Waals surface area contributed by atoms with E-state index in [9.17, 15) is 4.79 Å². The third-order valence-electron chi connectivity index (χ3n) is 4.65. The molecule has 27 heavy (non-hydrogen) atoms. The average molecular weight is 408 g/mol. The molecule has 0 atom stereocenters. The van der Waals surface area contributed by atoms with Crippen molar-refractivity contribution in [1.82, 2.24) is 19.6 Å². The van der Waals surface area contributed by atoms with Gasteiger partial charge in [0.2, 0.25) is 0 Å². The molecule has 3 heterocycles. The van der Waals surface area contributed by atoms with Crippen LogP contribution < -0.4 is 5.32 Å². The van der Waals surface area contributed by atoms with Gasteiger partial charge in [-0.1, -0.05) is 0 Å². The number of hydrogen-bond acceptors (Lipinski definition) is 6. The second kappa shape index (κ2) is 8.37. The van der Waals surface area contributed by atoms with Crippen LogP contribution in [0, 0.1) is 13.8 Å². The fourth-order valence-corrected chi connectivity index (χ4v) is 4.45. The van der Waals surface area contributed by atoms with Crippen molar-refractivity contribution in [1.29, 1.82) is 0 Å². The second-order valence-electron chi connectivity index (χ2n) is 6.70. The molecule has 2 aromatic heterocycles. The number of piperazine rings is 1. The van der Waals surface area contributed by atoms with E-state index in [1.54, 1.807) is 0 Å². The molecule has 146 valence electrons. The normalized spacial score (nSPS) is 15.0. The molecule has 0 unspecified atom stereocenters. The van der Waals surface area contributed by atoms with Gasteiger partial charge in [-0.05, 0) is 32.1 Å². The van der Waals surface area contributed by atoms with Crippen molar-refractivity contribution in [2.24, 2.45) is 7.05 Å². The maximum Gasteiger partial charge on any atom is 0.340 e. The quantitative estimate of drug-likeness (QED) is 0.617. The highest BCUT2D eigenvalue weighted by Crippen LogP contribution is 2.28. The van der Waals surface area contributed by atoms with Gasteiger partial charge in [-0.25, -0.2) is 4.79 Å². The molecule has 1 fully saturated rings. The Morgan fingerprint density at radius 3 is 2.63 bits per heavy atom. The van der Waals surface area contributed by atoms with Crippen LogP contribution in [0.25, 0.3) is 0 Å². The molecule has 3 rings (SSSR count). The predicted molar refractivity (Wildman–Crippen MR) is 111 cm³/mol. The molecule has 1 aliphatic heterocycles. The number of anilines is 1. The molecule has 1 aliphatic rings. The Hall–Kier alpha value is -1.97. The maximum absolute atomic E-state index is 11.9. The van der Waals surface area contributed by atoms with Gasteiger partial charge in [0, 0.05) is 56.4 Å². The summed E-state index contributed by atoms with van der Waals surface area (Å²) in [6.07, 6.45) is 2.08. The zero-order chi connectivity index (χ0) is 19.6. The first-order valence-electron chi connectivity index (χ1n) is 8.83. The van der Waals surface area contributed by atoms with Crippen molar-refractivity contribution in [2.75, 3.05) is 38.6 Å². The maximum atomic E-state index is 11.9. The number of carbonyl (C=O) groups excluding carboxylic acids is 1. The van der Waals surface area contributed by atoms with Crippen molar-refractivity contribution in [3.8, 4) is 0 Å². The fraction of sp³-hybridized carbons (Fsp3) is 0.500. The summed E-state index contributed by atoms with van der Waals surface area (Å²) >= 11 is 7.09. The van der Waals surface area contributed by atoms with E-state index in [0.29, 0.717) is 10.7 Å². The predicted octanol–water partition coefficient (Wildman–Crippen LogP) is 2.40. The molecule has 0 aliphatic carbocycles. The van der Waals surface area contributed by atoms with E-state index in [0.717, 1.165) is 48.3 Å². The molecule has 1 N–H and O–H groups in total. The standard InChI is InChI=1S/C18H25N5O2S2/c1-12-9-15(17(24)25-4)16(27-12)19-18(26)23-7-5-22(6-8-23)11-14-10-21(3)20-13(14)2/h9-10H,5-8,11H2,1-4H3,(H,19,26). The smallest absolute Gasteiger partial charge is 0.340 e. The summed E-state index contributed by atoms with van der Waals surface area (Å²) < 4.78 is 6.72. The van der Waals surface area contributed by atoms with Gasteiger partial charge in [-0.3, -0.25) is 9.58 Å². The highest BCUT2D eigenvalue weighted by molar-refractivity contribution is 7.80. The Morgan fingerprint density at radius 2 is 2.04 bits per heavy atom. The number of rotatable bonds is 4. The van der Waals surface area contributed by atoms with E-state index in [4.69, 9.17) is 17.0 Å². The molecule has 0 saturated carbocycles. The number of nitrogens with one attached hydrogen (secondary N) is 1. The van der Waals surface area contributed by atoms with Gasteiger partial charge in [0.05, 0.1) is 18.4 Å². The van der Waals surface area contributed by atoms with E-state index >= 15 is 0 Å². The van der Waals surface area contributed by atoms with Gasteiger partial charge in [0.25, 0.3) is 0 Å². The van der Waals surface area contributed by atoms with Crippen LogP contribution in [0.2, 0.25) is 0 Å². The van der Waals surface area contributed by atoms with Crippen molar-refractivity contribution >= 4 is 39.6 Å². The molecule has 0 spiro atoms. The number of thiophene rings is 1. The number of aryl methyl sites for hydroxylation is 3. The lowest BCUT2D eigenvalue weighted by atomic mass is 10.2. The molecule has 1 saturated heterocycles. The highest BCUT2D eigenvalue weighted by Gasteiger charge is 2.22. The molecule has 0 radical (unpaired) electrons.